The van der Waals surface area contributed by atoms with Crippen LogP contribution in [-0.4, -0.2) is 140 Å². The molecule has 2 aliphatic heterocycles. The number of nitrogens with one attached hydrogen (secondary N) is 1. The molecule has 12 unspecified atom stereocenters. The van der Waals surface area contributed by atoms with Crippen LogP contribution in [0.5, 0.6) is 0 Å². The number of hydrogen-bond donors (Lipinski definition) is 9. The van der Waals surface area contributed by atoms with Gasteiger partial charge < -0.3 is 65.1 Å². The SMILES string of the molecule is CCCCCCCCCCCCCCCCCCCCCCC/C=C/C(O)C(COC1OC(CO)C(OC2OC(CO)C(O)C(O)C2O)C(O)C1O)NC(=O)CCCCCCCCCC. The Morgan fingerprint density at radius 3 is 1.42 bits per heavy atom. The average molecular weight is 932 g/mol. The van der Waals surface area contributed by atoms with Gasteiger partial charge in [0, 0.05) is 6.42 Å². The van der Waals surface area contributed by atoms with Crippen LogP contribution in [0.25, 0.3) is 0 Å². The second-order valence-corrected chi connectivity index (χ2v) is 19.0. The topological polar surface area (TPSA) is 228 Å². The first-order valence-electron chi connectivity index (χ1n) is 26.4. The van der Waals surface area contributed by atoms with E-state index in [9.17, 15) is 45.6 Å². The average Bonchev–Trinajstić information content (AvgIpc) is 3.30. The molecule has 2 heterocycles. The maximum absolute atomic E-state index is 13.1. The van der Waals surface area contributed by atoms with Gasteiger partial charge in [-0.05, 0) is 19.3 Å². The van der Waals surface area contributed by atoms with Gasteiger partial charge in [-0.1, -0.05) is 199 Å². The summed E-state index contributed by atoms with van der Waals surface area (Å²) in [4.78, 5) is 13.1. The van der Waals surface area contributed by atoms with E-state index >= 15 is 0 Å². The third-order valence-corrected chi connectivity index (χ3v) is 13.2. The lowest BCUT2D eigenvalue weighted by Crippen LogP contribution is -2.65. The lowest BCUT2D eigenvalue weighted by Gasteiger charge is -2.46. The van der Waals surface area contributed by atoms with Crippen molar-refractivity contribution in [1.82, 2.24) is 5.32 Å². The van der Waals surface area contributed by atoms with Gasteiger partial charge in [0.2, 0.25) is 5.91 Å². The van der Waals surface area contributed by atoms with E-state index in [0.717, 1.165) is 38.5 Å². The Morgan fingerprint density at radius 2 is 0.954 bits per heavy atom. The molecule has 0 aromatic carbocycles. The van der Waals surface area contributed by atoms with Gasteiger partial charge in [-0.25, -0.2) is 0 Å². The number of aliphatic hydroxyl groups excluding tert-OH is 8. The molecular formula is C51H97NO13. The predicted octanol–water partition coefficient (Wildman–Crippen LogP) is 7.16. The molecule has 65 heavy (non-hydrogen) atoms. The monoisotopic (exact) mass is 932 g/mol. The van der Waals surface area contributed by atoms with Crippen molar-refractivity contribution in [2.45, 2.75) is 286 Å². The van der Waals surface area contributed by atoms with Crippen molar-refractivity contribution in [2.75, 3.05) is 19.8 Å². The maximum Gasteiger partial charge on any atom is 0.220 e. The van der Waals surface area contributed by atoms with E-state index in [1.807, 2.05) is 6.08 Å². The number of carbonyl (C=O) groups is 1. The van der Waals surface area contributed by atoms with Gasteiger partial charge in [0.05, 0.1) is 32.0 Å². The number of aliphatic hydroxyl groups is 8. The maximum atomic E-state index is 13.1. The summed E-state index contributed by atoms with van der Waals surface area (Å²) in [5.74, 6) is -0.243. The molecule has 12 atom stereocenters. The smallest absolute Gasteiger partial charge is 0.220 e. The number of unbranched alkanes of at least 4 members (excludes halogenated alkanes) is 28. The molecule has 0 saturated carbocycles. The summed E-state index contributed by atoms with van der Waals surface area (Å²) in [6.45, 7) is 2.76. The van der Waals surface area contributed by atoms with Gasteiger partial charge in [-0.2, -0.15) is 0 Å². The zero-order chi connectivity index (χ0) is 47.5. The van der Waals surface area contributed by atoms with Crippen LogP contribution in [0.1, 0.15) is 213 Å². The summed E-state index contributed by atoms with van der Waals surface area (Å²) >= 11 is 0. The lowest BCUT2D eigenvalue weighted by molar-refractivity contribution is -0.359. The van der Waals surface area contributed by atoms with E-state index in [4.69, 9.17) is 18.9 Å². The van der Waals surface area contributed by atoms with E-state index < -0.39 is 86.8 Å². The Bertz CT molecular complexity index is 1150. The van der Waals surface area contributed by atoms with Gasteiger partial charge >= 0.3 is 0 Å². The van der Waals surface area contributed by atoms with Crippen LogP contribution in [-0.2, 0) is 23.7 Å². The highest BCUT2D eigenvalue weighted by atomic mass is 16.7. The molecule has 0 aromatic rings. The Balaban J connectivity index is 1.75. The van der Waals surface area contributed by atoms with Gasteiger partial charge in [0.1, 0.15) is 48.8 Å². The fourth-order valence-corrected chi connectivity index (χ4v) is 8.88. The largest absolute Gasteiger partial charge is 0.394 e. The van der Waals surface area contributed by atoms with Crippen molar-refractivity contribution in [2.24, 2.45) is 0 Å². The first-order valence-corrected chi connectivity index (χ1v) is 26.4. The summed E-state index contributed by atoms with van der Waals surface area (Å²) in [5, 5.41) is 86.6. The first-order chi connectivity index (χ1) is 31.6. The highest BCUT2D eigenvalue weighted by Crippen LogP contribution is 2.30. The molecule has 0 spiro atoms. The van der Waals surface area contributed by atoms with Crippen LogP contribution in [0.2, 0.25) is 0 Å². The van der Waals surface area contributed by atoms with Crippen molar-refractivity contribution in [3.63, 3.8) is 0 Å². The summed E-state index contributed by atoms with van der Waals surface area (Å²) in [5.41, 5.74) is 0. The van der Waals surface area contributed by atoms with Crippen LogP contribution in [0.3, 0.4) is 0 Å². The fraction of sp³-hybridized carbons (Fsp3) is 0.941. The van der Waals surface area contributed by atoms with Crippen molar-refractivity contribution >= 4 is 5.91 Å². The number of rotatable bonds is 41. The third-order valence-electron chi connectivity index (χ3n) is 13.2. The molecule has 2 saturated heterocycles. The molecule has 14 heteroatoms. The first kappa shape index (κ1) is 59.9. The van der Waals surface area contributed by atoms with Crippen LogP contribution in [0.15, 0.2) is 12.2 Å². The molecule has 2 fully saturated rings. The van der Waals surface area contributed by atoms with Crippen LogP contribution in [0, 0.1) is 0 Å². The predicted molar refractivity (Wildman–Crippen MR) is 254 cm³/mol. The molecule has 2 rings (SSSR count). The quantitative estimate of drug-likeness (QED) is 0.0219. The molecular weight excluding hydrogens is 835 g/mol. The van der Waals surface area contributed by atoms with Gasteiger partial charge in [0.25, 0.3) is 0 Å². The number of carbonyl (C=O) groups excluding carboxylic acids is 1. The molecule has 0 aromatic heterocycles. The highest BCUT2D eigenvalue weighted by Gasteiger charge is 2.51. The van der Waals surface area contributed by atoms with Gasteiger partial charge in [-0.15, -0.1) is 0 Å². The summed E-state index contributed by atoms with van der Waals surface area (Å²) in [6.07, 6.45) is 24.2. The van der Waals surface area contributed by atoms with E-state index in [1.165, 1.54) is 148 Å². The van der Waals surface area contributed by atoms with Crippen LogP contribution >= 0.6 is 0 Å². The van der Waals surface area contributed by atoms with Crippen molar-refractivity contribution in [1.29, 1.82) is 0 Å². The van der Waals surface area contributed by atoms with E-state index in [1.54, 1.807) is 6.08 Å². The lowest BCUT2D eigenvalue weighted by atomic mass is 9.97. The Hall–Kier alpha value is -1.27. The zero-order valence-corrected chi connectivity index (χ0v) is 40.7. The normalized spacial score (nSPS) is 27.0. The van der Waals surface area contributed by atoms with Gasteiger partial charge in [0.15, 0.2) is 12.6 Å². The summed E-state index contributed by atoms with van der Waals surface area (Å²) in [7, 11) is 0. The Morgan fingerprint density at radius 1 is 0.538 bits per heavy atom. The molecule has 14 nitrogen and oxygen atoms in total. The molecule has 9 N–H and O–H groups in total. The summed E-state index contributed by atoms with van der Waals surface area (Å²) < 4.78 is 22.7. The molecule has 0 aliphatic carbocycles. The van der Waals surface area contributed by atoms with E-state index in [2.05, 4.69) is 19.2 Å². The standard InChI is InChI=1S/C51H97NO13/c1-3-5-7-9-11-13-14-15-16-17-18-19-20-21-22-23-24-25-26-27-28-30-32-34-40(55)39(52-43(56)35-33-31-29-12-10-8-6-4-2)38-62-50-48(61)46(59)49(42(37-54)64-50)65-51-47(60)45(58)44(57)41(36-53)63-51/h32,34,39-42,44-51,53-55,57-61H,3-31,33,35-38H2,1-2H3,(H,52,56)/b34-32+. The highest BCUT2D eigenvalue weighted by molar-refractivity contribution is 5.76. The third kappa shape index (κ3) is 25.8. The van der Waals surface area contributed by atoms with E-state index in [-0.39, 0.29) is 18.9 Å². The van der Waals surface area contributed by atoms with Crippen molar-refractivity contribution in [3.8, 4) is 0 Å². The number of allylic oxidation sites excluding steroid dienone is 1. The Kier molecular flexibility index (Phi) is 35.5. The number of amides is 1. The van der Waals surface area contributed by atoms with Crippen LogP contribution < -0.4 is 5.32 Å². The molecule has 0 bridgehead atoms. The van der Waals surface area contributed by atoms with Gasteiger partial charge in [-0.3, -0.25) is 4.79 Å². The summed E-state index contributed by atoms with van der Waals surface area (Å²) in [6, 6.07) is -0.906. The molecule has 2 aliphatic rings. The number of ether oxygens (including phenoxy) is 4. The second kappa shape index (κ2) is 38.6. The van der Waals surface area contributed by atoms with Crippen molar-refractivity contribution in [3.05, 3.63) is 12.2 Å². The molecule has 1 amide bonds. The fourth-order valence-electron chi connectivity index (χ4n) is 8.88. The van der Waals surface area contributed by atoms with E-state index in [0.29, 0.717) is 6.42 Å². The van der Waals surface area contributed by atoms with Crippen molar-refractivity contribution < 1.29 is 64.6 Å². The Labute approximate surface area is 393 Å². The minimum atomic E-state index is -1.78. The zero-order valence-electron chi connectivity index (χ0n) is 40.7. The second-order valence-electron chi connectivity index (χ2n) is 19.0. The molecule has 384 valence electrons. The van der Waals surface area contributed by atoms with Crippen LogP contribution in [0.4, 0.5) is 0 Å². The number of hydrogen-bond acceptors (Lipinski definition) is 13. The minimum Gasteiger partial charge on any atom is -0.394 e. The molecule has 0 radical (unpaired) electrons. The minimum absolute atomic E-state index is 0.243.